The molecule has 0 saturated heterocycles. The molecule has 0 aromatic rings. The van der Waals surface area contributed by atoms with Gasteiger partial charge in [-0.15, -0.1) is 0 Å². The first-order chi connectivity index (χ1) is 9.38. The van der Waals surface area contributed by atoms with Crippen LogP contribution in [0.1, 0.15) is 6.42 Å². The molecule has 22 heavy (non-hydrogen) atoms. The summed E-state index contributed by atoms with van der Waals surface area (Å²) in [7, 11) is -8.98. The van der Waals surface area contributed by atoms with Gasteiger partial charge in [0.05, 0.1) is 12.9 Å². The topological polar surface area (TPSA) is 68.9 Å². The van der Waals surface area contributed by atoms with Crippen LogP contribution in [-0.4, -0.2) is 7.11 Å². The summed E-state index contributed by atoms with van der Waals surface area (Å²) in [5, 5.41) is 0. The van der Waals surface area contributed by atoms with Gasteiger partial charge in [-0.05, 0) is 12.5 Å². The van der Waals surface area contributed by atoms with Crippen molar-refractivity contribution in [3.05, 3.63) is 50.4 Å². The summed E-state index contributed by atoms with van der Waals surface area (Å²) in [6.07, 6.45) is 9.07. The first-order valence-corrected chi connectivity index (χ1v) is 6.33. The predicted molar refractivity (Wildman–Crippen MR) is 58.5 cm³/mol. The molecule has 0 spiro atoms. The minimum Gasteiger partial charge on any atom is 0 e. The van der Waals surface area contributed by atoms with E-state index in [-0.39, 0.29) is 17.1 Å². The average Bonchev–Trinajstić information content (AvgIpc) is 2.43. The van der Waals surface area contributed by atoms with E-state index in [2.05, 4.69) is 26.0 Å². The number of hydrogen-bond donors (Lipinski definition) is 0. The fourth-order valence-corrected chi connectivity index (χ4v) is 0.645. The summed E-state index contributed by atoms with van der Waals surface area (Å²) < 4.78 is 86.6. The molecule has 0 atom stereocenters. The molecule has 1 aliphatic rings. The van der Waals surface area contributed by atoms with E-state index in [4.69, 9.17) is 18.7 Å². The number of hydrogen-bond acceptors (Lipinski definition) is 1. The Balaban J connectivity index is -0.0000000635. The van der Waals surface area contributed by atoms with Crippen LogP contribution in [0.3, 0.4) is 0 Å². The zero-order valence-electron chi connectivity index (χ0n) is 10.7. The fourth-order valence-electron chi connectivity index (χ4n) is 0.645. The van der Waals surface area contributed by atoms with E-state index in [0.717, 1.165) is 12.2 Å². The number of methoxy groups -OCH3 is 1. The van der Waals surface area contributed by atoms with Crippen LogP contribution in [0.2, 0.25) is 0 Å². The second-order valence-corrected chi connectivity index (χ2v) is 4.52. The minimum absolute atomic E-state index is 0. The quantitative estimate of drug-likeness (QED) is 0.204. The van der Waals surface area contributed by atoms with Gasteiger partial charge in [-0.3, -0.25) is 0 Å². The van der Waals surface area contributed by atoms with Crippen molar-refractivity contribution in [1.82, 2.24) is 0 Å². The fraction of sp³-hybridized carbons (Fsp3) is 0.200. The molecule has 1 aliphatic carbocycles. The Kier molecular flexibility index (Phi) is 20.4. The van der Waals surface area contributed by atoms with Gasteiger partial charge >= 0.3 is 66.9 Å². The molecule has 0 bridgehead atoms. The van der Waals surface area contributed by atoms with Gasteiger partial charge in [-0.2, -0.15) is 0 Å². The van der Waals surface area contributed by atoms with E-state index in [0.29, 0.717) is 0 Å². The van der Waals surface area contributed by atoms with Crippen molar-refractivity contribution in [2.75, 3.05) is 7.11 Å². The maximum Gasteiger partial charge on any atom is 0 e. The normalized spacial score (nSPS) is 14.1. The molecule has 129 valence electrons. The van der Waals surface area contributed by atoms with Crippen LogP contribution in [-0.2, 0) is 35.8 Å². The Hall–Kier alpha value is -0.971. The van der Waals surface area contributed by atoms with Gasteiger partial charge in [-0.1, -0.05) is 12.2 Å². The monoisotopic (exact) mass is 394 g/mol. The van der Waals surface area contributed by atoms with E-state index in [1.54, 1.807) is 7.11 Å². The number of allylic oxidation sites excluding steroid dienone is 4. The Morgan fingerprint density at radius 3 is 1.41 bits per heavy atom. The van der Waals surface area contributed by atoms with Gasteiger partial charge in [0.1, 0.15) is 0 Å². The summed E-state index contributed by atoms with van der Waals surface area (Å²) in [5.74, 6) is 0.965. The zero-order chi connectivity index (χ0) is 18.2. The van der Waals surface area contributed by atoms with E-state index >= 15 is 0 Å². The van der Waals surface area contributed by atoms with Crippen LogP contribution in [0.4, 0.5) is 25.2 Å². The van der Waals surface area contributed by atoms with Crippen LogP contribution in [0.25, 0.3) is 0 Å². The van der Waals surface area contributed by atoms with Crippen LogP contribution in [0.15, 0.2) is 24.0 Å². The third-order valence-corrected chi connectivity index (χ3v) is 1.09. The van der Waals surface area contributed by atoms with E-state index in [1.165, 1.54) is 0 Å². The van der Waals surface area contributed by atoms with Gasteiger partial charge in [0, 0.05) is 23.5 Å². The molecule has 4 nitrogen and oxygen atoms in total. The molecule has 1 rings (SSSR count). The van der Waals surface area contributed by atoms with Crippen molar-refractivity contribution in [3.63, 3.8) is 0 Å². The van der Waals surface area contributed by atoms with Crippen molar-refractivity contribution in [2.45, 2.75) is 6.42 Å². The van der Waals surface area contributed by atoms with Crippen molar-refractivity contribution in [1.29, 1.82) is 0 Å². The van der Waals surface area contributed by atoms with Gasteiger partial charge in [0.15, 0.2) is 0 Å². The second kappa shape index (κ2) is 13.7. The van der Waals surface area contributed by atoms with Crippen molar-refractivity contribution in [3.8, 4) is 0 Å². The zero-order valence-corrected chi connectivity index (χ0v) is 12.7. The van der Waals surface area contributed by atoms with Crippen molar-refractivity contribution >= 4 is 7.81 Å². The molecule has 0 heterocycles. The number of ether oxygens (including phenoxy) is 1. The van der Waals surface area contributed by atoms with Gasteiger partial charge in [-0.25, -0.2) is 0 Å². The van der Waals surface area contributed by atoms with E-state index in [9.17, 15) is 25.2 Å². The molecule has 0 aromatic heterocycles. The van der Waals surface area contributed by atoms with Crippen molar-refractivity contribution < 1.29 is 60.9 Å². The van der Waals surface area contributed by atoms with Crippen LogP contribution in [0, 0.1) is 26.4 Å². The molecule has 0 fully saturated rings. The molecule has 0 N–H and O–H groups in total. The summed E-state index contributed by atoms with van der Waals surface area (Å²) >= 11 is 0. The Morgan fingerprint density at radius 2 is 1.27 bits per heavy atom. The third-order valence-electron chi connectivity index (χ3n) is 1.09. The first-order valence-electron chi connectivity index (χ1n) is 4.30. The van der Waals surface area contributed by atoms with Crippen LogP contribution < -0.4 is 0 Å². The SMILES string of the molecule is COC1=CC=CC[CH]1.F[P-](F)(F)(F)(F)F.[C-]#[O+].[C-]#[O+].[C-]#[O+].[Fe]. The van der Waals surface area contributed by atoms with E-state index < -0.39 is 7.81 Å². The Morgan fingerprint density at radius 1 is 0.955 bits per heavy atom. The molecular formula is C10H9F6FeO4P-. The third kappa shape index (κ3) is 75.9. The molecule has 1 radical (unpaired) electrons. The maximum atomic E-state index is 9.87. The number of halogens is 6. The molecule has 0 aliphatic heterocycles. The molecule has 12 heteroatoms. The molecule has 0 aromatic carbocycles. The van der Waals surface area contributed by atoms with Gasteiger partial charge < -0.3 is 4.74 Å². The smallest absolute Gasteiger partial charge is 0 e. The summed E-state index contributed by atoms with van der Waals surface area (Å²) in [5.41, 5.74) is 0. The van der Waals surface area contributed by atoms with Crippen molar-refractivity contribution in [2.24, 2.45) is 0 Å². The summed E-state index contributed by atoms with van der Waals surface area (Å²) in [6, 6.07) is 0. The summed E-state index contributed by atoms with van der Waals surface area (Å²) in [4.78, 5) is 0. The second-order valence-electron chi connectivity index (χ2n) is 2.60. The maximum absolute atomic E-state index is 10.7. The Labute approximate surface area is 133 Å². The molecule has 0 saturated carbocycles. The molecule has 0 amide bonds. The summed E-state index contributed by atoms with van der Waals surface area (Å²) in [6.45, 7) is 13.5. The largest absolute Gasteiger partial charge is 0 e. The number of rotatable bonds is 1. The average molecular weight is 394 g/mol. The van der Waals surface area contributed by atoms with Crippen LogP contribution in [0.5, 0.6) is 0 Å². The Bertz CT molecular complexity index is 370. The van der Waals surface area contributed by atoms with Gasteiger partial charge in [0.25, 0.3) is 0 Å². The standard InChI is InChI=1S/C7H9O.3CO.F6P.Fe/c1-8-7-5-3-2-4-6-7;3*1-2;1-7(2,3,4,5)6;/h2-3,5-6H,4H2,1H3;;;;;/q;;;;-1;. The first kappa shape index (κ1) is 32.8. The predicted octanol–water partition coefficient (Wildman–Crippen LogP) is 4.95. The molecular weight excluding hydrogens is 385 g/mol. The van der Waals surface area contributed by atoms with Gasteiger partial charge in [0.2, 0.25) is 0 Å². The molecule has 0 unspecified atom stereocenters. The van der Waals surface area contributed by atoms with Crippen LogP contribution >= 0.6 is 7.81 Å². The van der Waals surface area contributed by atoms with E-state index in [1.807, 2.05) is 18.6 Å². The minimum atomic E-state index is -10.7.